The first kappa shape index (κ1) is 26.1. The number of ether oxygens (including phenoxy) is 1. The van der Waals surface area contributed by atoms with Crippen LogP contribution in [0.4, 0.5) is 5.69 Å². The number of nitrogens with one attached hydrogen (secondary N) is 1. The minimum Gasteiger partial charge on any atom is -0.425 e. The molecule has 0 bridgehead atoms. The smallest absolute Gasteiger partial charge is 0.311 e. The second kappa shape index (κ2) is 14.1. The van der Waals surface area contributed by atoms with E-state index in [0.29, 0.717) is 12.8 Å². The van der Waals surface area contributed by atoms with Crippen LogP contribution in [-0.4, -0.2) is 24.8 Å². The summed E-state index contributed by atoms with van der Waals surface area (Å²) in [5.41, 5.74) is -0.0932. The van der Waals surface area contributed by atoms with Crippen molar-refractivity contribution in [3.63, 3.8) is 0 Å². The maximum absolute atomic E-state index is 12.2. The monoisotopic (exact) mass is 441 g/mol. The molecule has 1 aromatic carbocycles. The molecular weight excluding hydrogens is 406 g/mol. The van der Waals surface area contributed by atoms with Crippen molar-refractivity contribution in [2.75, 3.05) is 5.32 Å². The van der Waals surface area contributed by atoms with Gasteiger partial charge in [0, 0.05) is 12.8 Å². The average Bonchev–Trinajstić information content (AvgIpc) is 2.66. The highest BCUT2D eigenvalue weighted by molar-refractivity contribution is 7.86. The molecule has 1 amide bonds. The third-order valence-electron chi connectivity index (χ3n) is 4.73. The van der Waals surface area contributed by atoms with E-state index in [1.54, 1.807) is 0 Å². The van der Waals surface area contributed by atoms with Crippen LogP contribution >= 0.6 is 0 Å². The molecule has 7 nitrogen and oxygen atoms in total. The van der Waals surface area contributed by atoms with Crippen LogP contribution < -0.4 is 10.1 Å². The average molecular weight is 442 g/mol. The zero-order valence-corrected chi connectivity index (χ0v) is 18.9. The molecule has 170 valence electrons. The van der Waals surface area contributed by atoms with Crippen LogP contribution in [0.2, 0.25) is 0 Å². The standard InChI is InChI=1S/C22H35NO6S/c1-3-5-7-8-9-10-12-16-20(24)23-18-14-13-15-19(22(18)30(26,27)28)29-21(25)17-11-6-4-2/h13-15H,3-12,16-17H2,1-2H3,(H,23,24)(H,26,27,28). The normalized spacial score (nSPS) is 11.3. The first-order chi connectivity index (χ1) is 14.3. The number of benzene rings is 1. The highest BCUT2D eigenvalue weighted by Gasteiger charge is 2.24. The van der Waals surface area contributed by atoms with Crippen molar-refractivity contribution in [3.8, 4) is 5.75 Å². The Kier molecular flexibility index (Phi) is 12.3. The number of anilines is 1. The lowest BCUT2D eigenvalue weighted by molar-refractivity contribution is -0.134. The van der Waals surface area contributed by atoms with E-state index in [-0.39, 0.29) is 30.2 Å². The highest BCUT2D eigenvalue weighted by atomic mass is 32.2. The van der Waals surface area contributed by atoms with Crippen LogP contribution in [0.15, 0.2) is 23.1 Å². The van der Waals surface area contributed by atoms with Crippen molar-refractivity contribution in [2.45, 2.75) is 95.8 Å². The van der Waals surface area contributed by atoms with Crippen molar-refractivity contribution in [2.24, 2.45) is 0 Å². The van der Waals surface area contributed by atoms with E-state index >= 15 is 0 Å². The molecule has 8 heteroatoms. The lowest BCUT2D eigenvalue weighted by Gasteiger charge is -2.13. The number of amides is 1. The van der Waals surface area contributed by atoms with E-state index in [0.717, 1.165) is 32.1 Å². The Bertz CT molecular complexity index is 776. The molecule has 1 aromatic rings. The number of esters is 1. The van der Waals surface area contributed by atoms with Gasteiger partial charge in [0.1, 0.15) is 0 Å². The summed E-state index contributed by atoms with van der Waals surface area (Å²) in [6.07, 6.45) is 10.3. The van der Waals surface area contributed by atoms with Gasteiger partial charge in [0.25, 0.3) is 10.1 Å². The molecule has 0 radical (unpaired) electrons. The van der Waals surface area contributed by atoms with Gasteiger partial charge in [-0.05, 0) is 25.0 Å². The Morgan fingerprint density at radius 1 is 0.900 bits per heavy atom. The predicted octanol–water partition coefficient (Wildman–Crippen LogP) is 5.50. The zero-order valence-electron chi connectivity index (χ0n) is 18.1. The Balaban J connectivity index is 2.73. The van der Waals surface area contributed by atoms with Crippen LogP contribution in [0.3, 0.4) is 0 Å². The molecule has 30 heavy (non-hydrogen) atoms. The highest BCUT2D eigenvalue weighted by Crippen LogP contribution is 2.32. The molecule has 0 spiro atoms. The van der Waals surface area contributed by atoms with Gasteiger partial charge in [-0.3, -0.25) is 14.1 Å². The minimum absolute atomic E-state index is 0.0932. The minimum atomic E-state index is -4.71. The number of hydrogen-bond donors (Lipinski definition) is 2. The van der Waals surface area contributed by atoms with Crippen molar-refractivity contribution < 1.29 is 27.3 Å². The van der Waals surface area contributed by atoms with Gasteiger partial charge in [-0.2, -0.15) is 8.42 Å². The second-order valence-electron chi connectivity index (χ2n) is 7.46. The number of unbranched alkanes of at least 4 members (excludes halogenated alkanes) is 8. The van der Waals surface area contributed by atoms with Crippen LogP contribution in [-0.2, 0) is 19.7 Å². The lowest BCUT2D eigenvalue weighted by atomic mass is 10.1. The largest absolute Gasteiger partial charge is 0.425 e. The Hall–Kier alpha value is -1.93. The number of carbonyl (C=O) groups excluding carboxylic acids is 2. The van der Waals surface area contributed by atoms with Gasteiger partial charge in [0.15, 0.2) is 10.6 Å². The fraction of sp³-hybridized carbons (Fsp3) is 0.636. The van der Waals surface area contributed by atoms with E-state index < -0.39 is 21.0 Å². The van der Waals surface area contributed by atoms with Crippen molar-refractivity contribution in [1.82, 2.24) is 0 Å². The molecule has 0 aliphatic carbocycles. The van der Waals surface area contributed by atoms with Gasteiger partial charge in [-0.1, -0.05) is 71.3 Å². The molecular formula is C22H35NO6S. The first-order valence-corrected chi connectivity index (χ1v) is 12.3. The van der Waals surface area contributed by atoms with E-state index in [2.05, 4.69) is 12.2 Å². The second-order valence-corrected chi connectivity index (χ2v) is 8.82. The third-order valence-corrected chi connectivity index (χ3v) is 5.66. The topological polar surface area (TPSA) is 110 Å². The van der Waals surface area contributed by atoms with Gasteiger partial charge < -0.3 is 10.1 Å². The molecule has 1 rings (SSSR count). The van der Waals surface area contributed by atoms with Gasteiger partial charge in [0.05, 0.1) is 5.69 Å². The summed E-state index contributed by atoms with van der Waals surface area (Å²) in [6, 6.07) is 4.11. The van der Waals surface area contributed by atoms with Crippen molar-refractivity contribution in [3.05, 3.63) is 18.2 Å². The first-order valence-electron chi connectivity index (χ1n) is 10.9. The predicted molar refractivity (Wildman–Crippen MR) is 117 cm³/mol. The Labute approximate surface area is 180 Å². The summed E-state index contributed by atoms with van der Waals surface area (Å²) in [4.78, 5) is 23.6. The fourth-order valence-electron chi connectivity index (χ4n) is 3.11. The fourth-order valence-corrected chi connectivity index (χ4v) is 3.87. The SMILES string of the molecule is CCCCCCCCCC(=O)Nc1cccc(OC(=O)CCCCC)c1S(=O)(=O)O. The van der Waals surface area contributed by atoms with Crippen molar-refractivity contribution >= 4 is 27.7 Å². The molecule has 2 N–H and O–H groups in total. The lowest BCUT2D eigenvalue weighted by Crippen LogP contribution is -2.16. The Morgan fingerprint density at radius 3 is 2.10 bits per heavy atom. The number of carbonyl (C=O) groups is 2. The summed E-state index contributed by atoms with van der Waals surface area (Å²) < 4.78 is 38.6. The van der Waals surface area contributed by atoms with Crippen LogP contribution in [0, 0.1) is 0 Å². The molecule has 0 aliphatic rings. The summed E-state index contributed by atoms with van der Waals surface area (Å²) >= 11 is 0. The summed E-state index contributed by atoms with van der Waals surface area (Å²) in [5.74, 6) is -1.22. The molecule has 0 aliphatic heterocycles. The van der Waals surface area contributed by atoms with Crippen LogP contribution in [0.1, 0.15) is 90.9 Å². The zero-order chi connectivity index (χ0) is 22.4. The summed E-state index contributed by atoms with van der Waals surface area (Å²) in [7, 11) is -4.71. The molecule has 0 fully saturated rings. The maximum atomic E-state index is 12.2. The van der Waals surface area contributed by atoms with E-state index in [9.17, 15) is 22.6 Å². The molecule has 0 saturated heterocycles. The molecule has 0 unspecified atom stereocenters. The van der Waals surface area contributed by atoms with Gasteiger partial charge >= 0.3 is 5.97 Å². The van der Waals surface area contributed by atoms with E-state index in [1.807, 2.05) is 6.92 Å². The summed E-state index contributed by atoms with van der Waals surface area (Å²) in [6.45, 7) is 4.16. The molecule has 0 atom stereocenters. The van der Waals surface area contributed by atoms with Crippen molar-refractivity contribution in [1.29, 1.82) is 0 Å². The quantitative estimate of drug-likeness (QED) is 0.161. The van der Waals surface area contributed by atoms with Crippen LogP contribution in [0.25, 0.3) is 0 Å². The van der Waals surface area contributed by atoms with E-state index in [1.165, 1.54) is 37.5 Å². The Morgan fingerprint density at radius 2 is 1.47 bits per heavy atom. The van der Waals surface area contributed by atoms with Crippen LogP contribution in [0.5, 0.6) is 5.75 Å². The van der Waals surface area contributed by atoms with Gasteiger partial charge in [-0.25, -0.2) is 0 Å². The maximum Gasteiger partial charge on any atom is 0.311 e. The number of hydrogen-bond acceptors (Lipinski definition) is 5. The summed E-state index contributed by atoms with van der Waals surface area (Å²) in [5, 5.41) is 2.52. The molecule has 0 heterocycles. The number of rotatable bonds is 15. The molecule has 0 aromatic heterocycles. The van der Waals surface area contributed by atoms with Gasteiger partial charge in [-0.15, -0.1) is 0 Å². The third kappa shape index (κ3) is 10.2. The van der Waals surface area contributed by atoms with Gasteiger partial charge in [0.2, 0.25) is 5.91 Å². The molecule has 0 saturated carbocycles. The van der Waals surface area contributed by atoms with E-state index in [4.69, 9.17) is 4.74 Å².